The Labute approximate surface area is 127 Å². The molecular formula is C12H24INO3S. The largest absolute Gasteiger partial charge is 0.444 e. The van der Waals surface area contributed by atoms with Gasteiger partial charge in [-0.1, -0.05) is 19.3 Å². The van der Waals surface area contributed by atoms with Crippen LogP contribution < -0.4 is 5.32 Å². The molecule has 1 aliphatic rings. The highest BCUT2D eigenvalue weighted by molar-refractivity contribution is 14.2. The number of halogens is 1. The molecule has 0 aromatic heterocycles. The highest BCUT2D eigenvalue weighted by Gasteiger charge is 2.20. The van der Waals surface area contributed by atoms with Crippen LogP contribution in [0, 0.1) is 0 Å². The fraction of sp³-hybridized carbons (Fsp3) is 0.917. The second-order valence-electron chi connectivity index (χ2n) is 5.21. The van der Waals surface area contributed by atoms with E-state index in [1.165, 1.54) is 28.5 Å². The van der Waals surface area contributed by atoms with Crippen LogP contribution in [0.2, 0.25) is 0 Å². The predicted molar refractivity (Wildman–Crippen MR) is 84.9 cm³/mol. The van der Waals surface area contributed by atoms with Gasteiger partial charge < -0.3 is 14.2 Å². The molecule has 0 aromatic rings. The zero-order valence-electron chi connectivity index (χ0n) is 11.6. The monoisotopic (exact) mass is 389 g/mol. The van der Waals surface area contributed by atoms with Crippen LogP contribution >= 0.6 is 30.4 Å². The summed E-state index contributed by atoms with van der Waals surface area (Å²) in [7, 11) is 2.96. The van der Waals surface area contributed by atoms with Crippen LogP contribution in [0.5, 0.6) is 0 Å². The van der Waals surface area contributed by atoms with Crippen LogP contribution in [0.15, 0.2) is 0 Å². The number of alkyl carbamates (subject to hydrolysis) is 1. The van der Waals surface area contributed by atoms with Crippen molar-refractivity contribution in [2.24, 2.45) is 0 Å². The summed E-state index contributed by atoms with van der Waals surface area (Å²) >= 11 is 2.05. The first-order valence-electron chi connectivity index (χ1n) is 6.20. The van der Waals surface area contributed by atoms with Crippen LogP contribution in [0.4, 0.5) is 4.79 Å². The van der Waals surface area contributed by atoms with Crippen molar-refractivity contribution in [2.45, 2.75) is 64.5 Å². The van der Waals surface area contributed by atoms with Gasteiger partial charge in [0.1, 0.15) is 5.60 Å². The molecule has 0 heterocycles. The third kappa shape index (κ3) is 11.4. The first-order valence-corrected chi connectivity index (χ1v) is 9.48. The molecule has 0 unspecified atom stereocenters. The van der Waals surface area contributed by atoms with Crippen molar-refractivity contribution in [1.82, 2.24) is 5.32 Å². The summed E-state index contributed by atoms with van der Waals surface area (Å²) in [6.07, 6.45) is 5.66. The van der Waals surface area contributed by atoms with E-state index in [1.807, 2.05) is 42.0 Å². The summed E-state index contributed by atoms with van der Waals surface area (Å²) in [6.45, 7) is 5.65. The number of hydrogen-bond donors (Lipinski definition) is 1. The average Bonchev–Trinajstić information content (AvgIpc) is 2.28. The van der Waals surface area contributed by atoms with Crippen molar-refractivity contribution in [3.8, 4) is 0 Å². The topological polar surface area (TPSA) is 47.6 Å². The maximum Gasteiger partial charge on any atom is 0.407 e. The van der Waals surface area contributed by atoms with E-state index >= 15 is 0 Å². The lowest BCUT2D eigenvalue weighted by Gasteiger charge is -2.25. The number of amides is 1. The molecule has 1 N–H and O–H groups in total. The summed E-state index contributed by atoms with van der Waals surface area (Å²) in [5.74, 6) is 0. The van der Waals surface area contributed by atoms with Gasteiger partial charge in [0.25, 0.3) is 0 Å². The summed E-state index contributed by atoms with van der Waals surface area (Å²) in [4.78, 5) is 11.4. The summed E-state index contributed by atoms with van der Waals surface area (Å²) in [5, 5.41) is 2.91. The molecule has 0 saturated heterocycles. The second kappa shape index (κ2) is 10.1. The van der Waals surface area contributed by atoms with Gasteiger partial charge in [0.15, 0.2) is 0 Å². The molecule has 1 fully saturated rings. The van der Waals surface area contributed by atoms with E-state index in [-0.39, 0.29) is 6.09 Å². The van der Waals surface area contributed by atoms with Crippen LogP contribution in [-0.4, -0.2) is 24.8 Å². The van der Waals surface area contributed by atoms with E-state index in [1.54, 1.807) is 7.11 Å². The van der Waals surface area contributed by atoms with Gasteiger partial charge in [0.05, 0.1) is 16.3 Å². The molecule has 0 aromatic carbocycles. The van der Waals surface area contributed by atoms with Gasteiger partial charge in [-0.2, -0.15) is 0 Å². The second-order valence-corrected chi connectivity index (χ2v) is 6.75. The number of carbonyl (C=O) groups is 1. The van der Waals surface area contributed by atoms with Crippen molar-refractivity contribution in [3.63, 3.8) is 0 Å². The Morgan fingerprint density at radius 1 is 1.28 bits per heavy atom. The molecule has 0 spiro atoms. The smallest absolute Gasteiger partial charge is 0.407 e. The normalized spacial score (nSPS) is 16.5. The molecule has 1 saturated carbocycles. The summed E-state index contributed by atoms with van der Waals surface area (Å²) in [6, 6.07) is 0.332. The maximum absolute atomic E-state index is 11.4. The summed E-state index contributed by atoms with van der Waals surface area (Å²) < 4.78 is 9.64. The molecule has 4 nitrogen and oxygen atoms in total. The number of nitrogens with one attached hydrogen (secondary N) is 1. The Kier molecular flexibility index (Phi) is 10.3. The van der Waals surface area contributed by atoms with Gasteiger partial charge in [-0.25, -0.2) is 4.79 Å². The van der Waals surface area contributed by atoms with Gasteiger partial charge in [0.2, 0.25) is 0 Å². The minimum Gasteiger partial charge on any atom is -0.444 e. The van der Waals surface area contributed by atoms with Crippen molar-refractivity contribution >= 4 is 36.5 Å². The van der Waals surface area contributed by atoms with Crippen LogP contribution in [0.3, 0.4) is 0 Å². The fourth-order valence-electron chi connectivity index (χ4n) is 1.72. The van der Waals surface area contributed by atoms with Crippen LogP contribution in [0.1, 0.15) is 52.9 Å². The number of hydrogen-bond acceptors (Lipinski definition) is 4. The quantitative estimate of drug-likeness (QED) is 0.559. The Morgan fingerprint density at radius 2 is 1.78 bits per heavy atom. The molecule has 18 heavy (non-hydrogen) atoms. The molecule has 1 amide bonds. The zero-order chi connectivity index (χ0) is 14.0. The number of ether oxygens (including phenoxy) is 1. The first-order chi connectivity index (χ1) is 8.39. The number of carbonyl (C=O) groups excluding carboxylic acids is 1. The van der Waals surface area contributed by atoms with Gasteiger partial charge >= 0.3 is 6.09 Å². The third-order valence-corrected chi connectivity index (χ3v) is 3.59. The zero-order valence-corrected chi connectivity index (χ0v) is 14.6. The van der Waals surface area contributed by atoms with Crippen molar-refractivity contribution in [3.05, 3.63) is 0 Å². The van der Waals surface area contributed by atoms with Crippen LogP contribution in [-0.2, 0) is 8.92 Å². The molecule has 0 atom stereocenters. The lowest BCUT2D eigenvalue weighted by Crippen LogP contribution is -2.39. The third-order valence-electron chi connectivity index (χ3n) is 2.39. The molecular weight excluding hydrogens is 365 g/mol. The van der Waals surface area contributed by atoms with E-state index in [4.69, 9.17) is 4.74 Å². The first kappa shape index (κ1) is 18.3. The van der Waals surface area contributed by atoms with Crippen molar-refractivity contribution in [2.75, 3.05) is 7.11 Å². The van der Waals surface area contributed by atoms with Crippen molar-refractivity contribution < 1.29 is 13.7 Å². The van der Waals surface area contributed by atoms with Gasteiger partial charge in [-0.3, -0.25) is 0 Å². The average molecular weight is 389 g/mol. The lowest BCUT2D eigenvalue weighted by molar-refractivity contribution is 0.0493. The van der Waals surface area contributed by atoms with Gasteiger partial charge in [0, 0.05) is 27.2 Å². The molecule has 0 radical (unpaired) electrons. The summed E-state index contributed by atoms with van der Waals surface area (Å²) in [5.41, 5.74) is -0.390. The van der Waals surface area contributed by atoms with E-state index in [0.717, 1.165) is 12.8 Å². The highest BCUT2D eigenvalue weighted by Crippen LogP contribution is 2.18. The molecule has 0 aliphatic heterocycles. The lowest BCUT2D eigenvalue weighted by atomic mass is 9.96. The fourth-order valence-corrected chi connectivity index (χ4v) is 1.72. The minimum atomic E-state index is -0.390. The molecule has 108 valence electrons. The minimum absolute atomic E-state index is 0.274. The SMILES string of the molecule is CC(C)(C)OC(=O)NC1CCCCC1.COSI. The Hall–Kier alpha value is 0.310. The Bertz CT molecular complexity index is 226. The standard InChI is InChI=1S/C11H21NO2.CH3IOS/c1-11(2,3)14-10(13)12-9-7-5-4-6-8-9;1-3-4-2/h9H,4-8H2,1-3H3,(H,12,13);1H3. The molecule has 0 bridgehead atoms. The van der Waals surface area contributed by atoms with Gasteiger partial charge in [-0.05, 0) is 33.6 Å². The number of rotatable bonds is 2. The molecule has 1 rings (SSSR count). The molecule has 1 aliphatic carbocycles. The Balaban J connectivity index is 0.000000631. The maximum atomic E-state index is 11.4. The van der Waals surface area contributed by atoms with E-state index in [9.17, 15) is 4.79 Å². The van der Waals surface area contributed by atoms with Gasteiger partial charge in [-0.15, -0.1) is 0 Å². The highest BCUT2D eigenvalue weighted by atomic mass is 127. The Morgan fingerprint density at radius 3 is 2.17 bits per heavy atom. The van der Waals surface area contributed by atoms with E-state index in [0.29, 0.717) is 6.04 Å². The van der Waals surface area contributed by atoms with Crippen LogP contribution in [0.25, 0.3) is 0 Å². The van der Waals surface area contributed by atoms with E-state index in [2.05, 4.69) is 9.50 Å². The van der Waals surface area contributed by atoms with E-state index < -0.39 is 5.60 Å². The predicted octanol–water partition coefficient (Wildman–Crippen LogP) is 4.47. The molecule has 6 heteroatoms. The van der Waals surface area contributed by atoms with Crippen molar-refractivity contribution in [1.29, 1.82) is 0 Å².